The number of rotatable bonds is 4. The van der Waals surface area contributed by atoms with Crippen LogP contribution in [0, 0.1) is 11.3 Å². The van der Waals surface area contributed by atoms with Crippen LogP contribution in [-0.2, 0) is 0 Å². The van der Waals surface area contributed by atoms with Crippen molar-refractivity contribution in [1.82, 2.24) is 0 Å². The number of Topliss-reactive ketones (excluding diaryl/α,β-unsaturated/α-hetero) is 1. The minimum Gasteiger partial charge on any atom is -0.489 e. The van der Waals surface area contributed by atoms with Gasteiger partial charge in [-0.15, -0.1) is 0 Å². The Morgan fingerprint density at radius 1 is 1.56 bits per heavy atom. The molecule has 0 radical (unpaired) electrons. The summed E-state index contributed by atoms with van der Waals surface area (Å²) in [5.41, 5.74) is 0.433. The van der Waals surface area contributed by atoms with Crippen LogP contribution in [0.2, 0.25) is 5.02 Å². The molecule has 1 aromatic carbocycles. The van der Waals surface area contributed by atoms with Crippen molar-refractivity contribution in [2.45, 2.75) is 26.4 Å². The van der Waals surface area contributed by atoms with Crippen LogP contribution in [0.4, 0.5) is 0 Å². The SMILES string of the molecule is CC(C)Oc1ccc(C(=O)CC#N)cc1Cl. The van der Waals surface area contributed by atoms with Gasteiger partial charge in [0.05, 0.1) is 23.6 Å². The maximum Gasteiger partial charge on any atom is 0.176 e. The van der Waals surface area contributed by atoms with Gasteiger partial charge in [-0.25, -0.2) is 0 Å². The zero-order valence-corrected chi connectivity index (χ0v) is 9.91. The number of carbonyl (C=O) groups excluding carboxylic acids is 1. The van der Waals surface area contributed by atoms with Gasteiger partial charge in [-0.1, -0.05) is 11.6 Å². The van der Waals surface area contributed by atoms with Gasteiger partial charge in [0.2, 0.25) is 0 Å². The number of ketones is 1. The molecule has 4 heteroatoms. The summed E-state index contributed by atoms with van der Waals surface area (Å²) in [5, 5.41) is 8.80. The third kappa shape index (κ3) is 3.25. The molecule has 0 aliphatic rings. The number of hydrogen-bond donors (Lipinski definition) is 0. The first-order valence-corrected chi connectivity index (χ1v) is 5.28. The van der Waals surface area contributed by atoms with Gasteiger partial charge >= 0.3 is 0 Å². The average Bonchev–Trinajstić information content (AvgIpc) is 2.20. The Morgan fingerprint density at radius 3 is 2.75 bits per heavy atom. The van der Waals surface area contributed by atoms with Gasteiger partial charge in [0.15, 0.2) is 5.78 Å². The first kappa shape index (κ1) is 12.5. The summed E-state index contributed by atoms with van der Waals surface area (Å²) in [6.07, 6.45) is -0.112. The highest BCUT2D eigenvalue weighted by Crippen LogP contribution is 2.26. The van der Waals surface area contributed by atoms with E-state index in [9.17, 15) is 4.79 Å². The fraction of sp³-hybridized carbons (Fsp3) is 0.333. The van der Waals surface area contributed by atoms with E-state index in [0.29, 0.717) is 16.3 Å². The molecule has 0 aliphatic carbocycles. The fourth-order valence-electron chi connectivity index (χ4n) is 1.20. The molecule has 0 atom stereocenters. The Hall–Kier alpha value is -1.53. The fourth-order valence-corrected chi connectivity index (χ4v) is 1.42. The highest BCUT2D eigenvalue weighted by Gasteiger charge is 2.09. The predicted octanol–water partition coefficient (Wildman–Crippen LogP) is 3.22. The quantitative estimate of drug-likeness (QED) is 0.756. The Morgan fingerprint density at radius 2 is 2.25 bits per heavy atom. The number of halogens is 1. The standard InChI is InChI=1S/C12H12ClNO2/c1-8(2)16-12-4-3-9(7-10(12)13)11(15)5-6-14/h3-4,7-8H,5H2,1-2H3. The zero-order valence-electron chi connectivity index (χ0n) is 9.16. The van der Waals surface area contributed by atoms with Crippen LogP contribution in [-0.4, -0.2) is 11.9 Å². The number of benzene rings is 1. The van der Waals surface area contributed by atoms with Crippen molar-refractivity contribution in [3.8, 4) is 11.8 Å². The Kier molecular flexibility index (Phi) is 4.33. The summed E-state index contributed by atoms with van der Waals surface area (Å²) in [7, 11) is 0. The van der Waals surface area contributed by atoms with E-state index >= 15 is 0 Å². The van der Waals surface area contributed by atoms with E-state index in [4.69, 9.17) is 21.6 Å². The lowest BCUT2D eigenvalue weighted by atomic mass is 10.1. The molecule has 0 aromatic heterocycles. The van der Waals surface area contributed by atoms with Crippen molar-refractivity contribution in [2.75, 3.05) is 0 Å². The smallest absolute Gasteiger partial charge is 0.176 e. The third-order valence-electron chi connectivity index (χ3n) is 1.86. The number of nitriles is 1. The largest absolute Gasteiger partial charge is 0.489 e. The van der Waals surface area contributed by atoms with Crippen molar-refractivity contribution in [3.63, 3.8) is 0 Å². The van der Waals surface area contributed by atoms with E-state index in [1.807, 2.05) is 19.9 Å². The first-order valence-electron chi connectivity index (χ1n) is 4.91. The molecule has 0 spiro atoms. The van der Waals surface area contributed by atoms with Crippen LogP contribution < -0.4 is 4.74 Å². The van der Waals surface area contributed by atoms with Crippen LogP contribution in [0.5, 0.6) is 5.75 Å². The van der Waals surface area contributed by atoms with E-state index in [2.05, 4.69) is 0 Å². The number of hydrogen-bond acceptors (Lipinski definition) is 3. The maximum absolute atomic E-state index is 11.4. The van der Waals surface area contributed by atoms with Crippen molar-refractivity contribution in [3.05, 3.63) is 28.8 Å². The zero-order chi connectivity index (χ0) is 12.1. The van der Waals surface area contributed by atoms with E-state index in [1.165, 1.54) is 6.07 Å². The van der Waals surface area contributed by atoms with E-state index in [1.54, 1.807) is 12.1 Å². The second-order valence-electron chi connectivity index (χ2n) is 3.57. The lowest BCUT2D eigenvalue weighted by Gasteiger charge is -2.11. The minimum absolute atomic E-state index is 0.0261. The van der Waals surface area contributed by atoms with Crippen LogP contribution in [0.25, 0.3) is 0 Å². The predicted molar refractivity (Wildman–Crippen MR) is 61.8 cm³/mol. The molecule has 0 unspecified atom stereocenters. The summed E-state index contributed by atoms with van der Waals surface area (Å²) >= 11 is 5.96. The van der Waals surface area contributed by atoms with Gasteiger partial charge < -0.3 is 4.74 Å². The summed E-state index contributed by atoms with van der Waals surface area (Å²) in [4.78, 5) is 11.4. The summed E-state index contributed by atoms with van der Waals surface area (Å²) < 4.78 is 5.43. The molecular weight excluding hydrogens is 226 g/mol. The molecule has 16 heavy (non-hydrogen) atoms. The molecule has 0 heterocycles. The van der Waals surface area contributed by atoms with E-state index in [-0.39, 0.29) is 18.3 Å². The second-order valence-corrected chi connectivity index (χ2v) is 3.98. The average molecular weight is 238 g/mol. The van der Waals surface area contributed by atoms with Gasteiger partial charge in [-0.05, 0) is 32.0 Å². The molecule has 84 valence electrons. The van der Waals surface area contributed by atoms with Crippen LogP contribution >= 0.6 is 11.6 Å². The number of nitrogens with zero attached hydrogens (tertiary/aromatic N) is 1. The van der Waals surface area contributed by atoms with Crippen molar-refractivity contribution in [1.29, 1.82) is 5.26 Å². The Balaban J connectivity index is 2.91. The molecule has 1 aromatic rings. The topological polar surface area (TPSA) is 50.1 Å². The molecule has 0 aliphatic heterocycles. The lowest BCUT2D eigenvalue weighted by molar-refractivity contribution is 0.0997. The summed E-state index contributed by atoms with van der Waals surface area (Å²) in [5.74, 6) is 0.311. The van der Waals surface area contributed by atoms with Crippen molar-refractivity contribution < 1.29 is 9.53 Å². The summed E-state index contributed by atoms with van der Waals surface area (Å²) in [6.45, 7) is 3.79. The third-order valence-corrected chi connectivity index (χ3v) is 2.15. The van der Waals surface area contributed by atoms with Crippen LogP contribution in [0.3, 0.4) is 0 Å². The van der Waals surface area contributed by atoms with E-state index < -0.39 is 0 Å². The molecule has 0 bridgehead atoms. The second kappa shape index (κ2) is 5.53. The molecule has 0 saturated carbocycles. The van der Waals surface area contributed by atoms with Gasteiger partial charge in [0.1, 0.15) is 5.75 Å². The molecular formula is C12H12ClNO2. The molecule has 0 amide bonds. The first-order chi connectivity index (χ1) is 7.54. The molecule has 0 saturated heterocycles. The number of carbonyl (C=O) groups is 1. The van der Waals surface area contributed by atoms with E-state index in [0.717, 1.165) is 0 Å². The highest BCUT2D eigenvalue weighted by molar-refractivity contribution is 6.32. The van der Waals surface area contributed by atoms with Crippen LogP contribution in [0.15, 0.2) is 18.2 Å². The van der Waals surface area contributed by atoms with Gasteiger partial charge in [-0.2, -0.15) is 5.26 Å². The lowest BCUT2D eigenvalue weighted by Crippen LogP contribution is -2.06. The minimum atomic E-state index is -0.236. The van der Waals surface area contributed by atoms with Gasteiger partial charge in [0.25, 0.3) is 0 Å². The Labute approximate surface area is 99.6 Å². The summed E-state index contributed by atoms with van der Waals surface area (Å²) in [6, 6.07) is 6.60. The van der Waals surface area contributed by atoms with Crippen molar-refractivity contribution in [2.24, 2.45) is 0 Å². The van der Waals surface area contributed by atoms with Crippen LogP contribution in [0.1, 0.15) is 30.6 Å². The normalized spacial score (nSPS) is 9.94. The molecule has 0 N–H and O–H groups in total. The molecule has 3 nitrogen and oxygen atoms in total. The van der Waals surface area contributed by atoms with Crippen molar-refractivity contribution >= 4 is 17.4 Å². The van der Waals surface area contributed by atoms with Gasteiger partial charge in [-0.3, -0.25) is 4.79 Å². The Bertz CT molecular complexity index is 435. The molecule has 0 fully saturated rings. The maximum atomic E-state index is 11.4. The number of ether oxygens (including phenoxy) is 1. The monoisotopic (exact) mass is 237 g/mol. The highest BCUT2D eigenvalue weighted by atomic mass is 35.5. The molecule has 1 rings (SSSR count). The van der Waals surface area contributed by atoms with Gasteiger partial charge in [0, 0.05) is 5.56 Å².